The molecule has 0 atom stereocenters. The Balaban J connectivity index is 1.95. The third-order valence-electron chi connectivity index (χ3n) is 2.75. The molecule has 9 heteroatoms. The van der Waals surface area contributed by atoms with E-state index in [0.29, 0.717) is 6.54 Å². The van der Waals surface area contributed by atoms with Crippen molar-refractivity contribution >= 4 is 37.3 Å². The fraction of sp³-hybridized carbons (Fsp3) is 0.417. The molecule has 2 heterocycles. The predicted octanol–water partition coefficient (Wildman–Crippen LogP) is 1.80. The Hall–Kier alpha value is -0.740. The lowest BCUT2D eigenvalue weighted by Gasteiger charge is -2.03. The molecule has 0 spiro atoms. The smallest absolute Gasteiger partial charge is 0.244 e. The molecule has 0 aromatic carbocycles. The summed E-state index contributed by atoms with van der Waals surface area (Å²) >= 11 is 4.86. The molecular weight excluding hydrogens is 376 g/mol. The molecule has 2 aromatic rings. The summed E-state index contributed by atoms with van der Waals surface area (Å²) in [7, 11) is -3.52. The van der Waals surface area contributed by atoms with Gasteiger partial charge in [-0.3, -0.25) is 4.68 Å². The number of likely N-dealkylation sites (N-methyl/N-ethyl adjacent to an activating group) is 1. The zero-order valence-electron chi connectivity index (χ0n) is 11.5. The number of nitrogens with zero attached hydrogens (tertiary/aromatic N) is 2. The summed E-state index contributed by atoms with van der Waals surface area (Å²) < 4.78 is 29.5. The molecule has 2 rings (SSSR count). The van der Waals surface area contributed by atoms with Crippen molar-refractivity contribution in [1.29, 1.82) is 0 Å². The standard InChI is InChI=1S/C12H17BrN4O2S2/c1-2-14-5-6-17-9-11(8-15-17)21(18,19)16-7-10-3-4-12(13)20-10/h3-4,8-9,14,16H,2,5-7H2,1H3. The van der Waals surface area contributed by atoms with E-state index in [9.17, 15) is 8.42 Å². The molecule has 21 heavy (non-hydrogen) atoms. The fourth-order valence-corrected chi connectivity index (χ4v) is 4.15. The second-order valence-electron chi connectivity index (χ2n) is 4.32. The third kappa shape index (κ3) is 4.89. The zero-order chi connectivity index (χ0) is 15.3. The molecule has 2 aromatic heterocycles. The topological polar surface area (TPSA) is 76.0 Å². The maximum Gasteiger partial charge on any atom is 0.244 e. The summed E-state index contributed by atoms with van der Waals surface area (Å²) in [5.41, 5.74) is 0. The van der Waals surface area contributed by atoms with E-state index in [1.807, 2.05) is 19.1 Å². The van der Waals surface area contributed by atoms with Crippen LogP contribution in [-0.4, -0.2) is 31.3 Å². The third-order valence-corrected chi connectivity index (χ3v) is 5.73. The predicted molar refractivity (Wildman–Crippen MR) is 86.8 cm³/mol. The number of thiophene rings is 1. The number of nitrogens with one attached hydrogen (secondary N) is 2. The summed E-state index contributed by atoms with van der Waals surface area (Å²) in [5.74, 6) is 0. The molecule has 0 amide bonds. The second kappa shape index (κ2) is 7.50. The van der Waals surface area contributed by atoms with Gasteiger partial charge in [-0.15, -0.1) is 11.3 Å². The number of halogens is 1. The zero-order valence-corrected chi connectivity index (χ0v) is 14.8. The minimum Gasteiger partial charge on any atom is -0.315 e. The van der Waals surface area contributed by atoms with Gasteiger partial charge in [0.2, 0.25) is 10.0 Å². The highest BCUT2D eigenvalue weighted by Gasteiger charge is 2.16. The molecule has 0 saturated heterocycles. The van der Waals surface area contributed by atoms with Crippen LogP contribution in [0.1, 0.15) is 11.8 Å². The lowest BCUT2D eigenvalue weighted by molar-refractivity contribution is 0.563. The van der Waals surface area contributed by atoms with Crippen LogP contribution in [0.3, 0.4) is 0 Å². The minimum atomic E-state index is -3.52. The molecule has 0 radical (unpaired) electrons. The Kier molecular flexibility index (Phi) is 5.94. The quantitative estimate of drug-likeness (QED) is 0.671. The lowest BCUT2D eigenvalue weighted by atomic mass is 10.5. The van der Waals surface area contributed by atoms with Crippen LogP contribution in [0.2, 0.25) is 0 Å². The first-order valence-corrected chi connectivity index (χ1v) is 9.57. The van der Waals surface area contributed by atoms with E-state index in [2.05, 4.69) is 31.1 Å². The lowest BCUT2D eigenvalue weighted by Crippen LogP contribution is -2.22. The van der Waals surface area contributed by atoms with Crippen molar-refractivity contribution < 1.29 is 8.42 Å². The number of rotatable bonds is 8. The van der Waals surface area contributed by atoms with Gasteiger partial charge in [-0.25, -0.2) is 13.1 Å². The SMILES string of the molecule is CCNCCn1cc(S(=O)(=O)NCc2ccc(Br)s2)cn1. The normalized spacial score (nSPS) is 11.9. The first kappa shape index (κ1) is 16.6. The summed E-state index contributed by atoms with van der Waals surface area (Å²) in [4.78, 5) is 1.14. The average molecular weight is 393 g/mol. The van der Waals surface area contributed by atoms with Gasteiger partial charge in [-0.05, 0) is 34.6 Å². The highest BCUT2D eigenvalue weighted by atomic mass is 79.9. The van der Waals surface area contributed by atoms with Crippen molar-refractivity contribution in [2.45, 2.75) is 24.9 Å². The van der Waals surface area contributed by atoms with E-state index in [-0.39, 0.29) is 11.4 Å². The van der Waals surface area contributed by atoms with Gasteiger partial charge in [-0.1, -0.05) is 6.92 Å². The van der Waals surface area contributed by atoms with E-state index in [4.69, 9.17) is 0 Å². The second-order valence-corrected chi connectivity index (χ2v) is 8.64. The van der Waals surface area contributed by atoms with E-state index in [1.54, 1.807) is 10.9 Å². The largest absolute Gasteiger partial charge is 0.315 e. The first-order valence-electron chi connectivity index (χ1n) is 6.48. The molecule has 0 aliphatic carbocycles. The molecule has 116 valence electrons. The van der Waals surface area contributed by atoms with Gasteiger partial charge < -0.3 is 5.32 Å². The summed E-state index contributed by atoms with van der Waals surface area (Å²) in [6, 6.07) is 3.78. The molecular formula is C12H17BrN4O2S2. The van der Waals surface area contributed by atoms with Crippen LogP contribution in [0.25, 0.3) is 0 Å². The van der Waals surface area contributed by atoms with Gasteiger partial charge >= 0.3 is 0 Å². The molecule has 2 N–H and O–H groups in total. The van der Waals surface area contributed by atoms with Crippen LogP contribution < -0.4 is 10.0 Å². The van der Waals surface area contributed by atoms with Gasteiger partial charge in [0.15, 0.2) is 0 Å². The van der Waals surface area contributed by atoms with Crippen molar-refractivity contribution in [3.05, 3.63) is 33.2 Å². The first-order chi connectivity index (χ1) is 10.0. The maximum atomic E-state index is 12.2. The average Bonchev–Trinajstić information content (AvgIpc) is 3.06. The van der Waals surface area contributed by atoms with E-state index >= 15 is 0 Å². The van der Waals surface area contributed by atoms with Gasteiger partial charge in [0.1, 0.15) is 4.90 Å². The van der Waals surface area contributed by atoms with E-state index < -0.39 is 10.0 Å². The Morgan fingerprint density at radius 2 is 2.24 bits per heavy atom. The number of aromatic nitrogens is 2. The summed E-state index contributed by atoms with van der Waals surface area (Å²) in [6.45, 7) is 4.58. The molecule has 0 aliphatic heterocycles. The van der Waals surface area contributed by atoms with Crippen molar-refractivity contribution in [3.63, 3.8) is 0 Å². The van der Waals surface area contributed by atoms with Gasteiger partial charge in [0.25, 0.3) is 0 Å². The Labute approximate surface area is 136 Å². The number of hydrogen-bond donors (Lipinski definition) is 2. The van der Waals surface area contributed by atoms with Crippen LogP contribution in [0.5, 0.6) is 0 Å². The molecule has 0 unspecified atom stereocenters. The monoisotopic (exact) mass is 392 g/mol. The summed E-state index contributed by atoms with van der Waals surface area (Å²) in [6.07, 6.45) is 2.92. The highest BCUT2D eigenvalue weighted by Crippen LogP contribution is 2.22. The van der Waals surface area contributed by atoms with Gasteiger partial charge in [0.05, 0.1) is 16.5 Å². The van der Waals surface area contributed by atoms with Gasteiger partial charge in [0, 0.05) is 24.2 Å². The molecule has 0 bridgehead atoms. The van der Waals surface area contributed by atoms with Crippen molar-refractivity contribution in [2.24, 2.45) is 0 Å². The van der Waals surface area contributed by atoms with Crippen LogP contribution in [0.15, 0.2) is 33.2 Å². The maximum absolute atomic E-state index is 12.2. The van der Waals surface area contributed by atoms with Crippen molar-refractivity contribution in [3.8, 4) is 0 Å². The Morgan fingerprint density at radius 3 is 2.90 bits per heavy atom. The number of hydrogen-bond acceptors (Lipinski definition) is 5. The van der Waals surface area contributed by atoms with E-state index in [0.717, 1.165) is 21.8 Å². The van der Waals surface area contributed by atoms with Crippen molar-refractivity contribution in [2.75, 3.05) is 13.1 Å². The fourth-order valence-electron chi connectivity index (χ4n) is 1.67. The van der Waals surface area contributed by atoms with Crippen molar-refractivity contribution in [1.82, 2.24) is 19.8 Å². The number of sulfonamides is 1. The molecule has 0 aliphatic rings. The minimum absolute atomic E-state index is 0.189. The van der Waals surface area contributed by atoms with Crippen LogP contribution in [0.4, 0.5) is 0 Å². The summed E-state index contributed by atoms with van der Waals surface area (Å²) in [5, 5.41) is 7.23. The van der Waals surface area contributed by atoms with Crippen LogP contribution in [0, 0.1) is 0 Å². The Bertz CT molecular complexity index is 681. The molecule has 6 nitrogen and oxygen atoms in total. The van der Waals surface area contributed by atoms with Crippen LogP contribution in [-0.2, 0) is 23.1 Å². The van der Waals surface area contributed by atoms with Gasteiger partial charge in [-0.2, -0.15) is 5.10 Å². The van der Waals surface area contributed by atoms with Crippen LogP contribution >= 0.6 is 27.3 Å². The molecule has 0 fully saturated rings. The van der Waals surface area contributed by atoms with E-state index in [1.165, 1.54) is 17.5 Å². The highest BCUT2D eigenvalue weighted by molar-refractivity contribution is 9.11. The molecule has 0 saturated carbocycles. The Morgan fingerprint density at radius 1 is 1.43 bits per heavy atom.